The maximum absolute atomic E-state index is 12.9. The minimum Gasteiger partial charge on any atom is -0.480 e. The molecule has 19 heavy (non-hydrogen) atoms. The van der Waals surface area contributed by atoms with Crippen molar-refractivity contribution in [1.82, 2.24) is 0 Å². The Bertz CT molecular complexity index is 470. The Labute approximate surface area is 112 Å². The van der Waals surface area contributed by atoms with Crippen LogP contribution in [0.15, 0.2) is 24.3 Å². The van der Waals surface area contributed by atoms with Crippen molar-refractivity contribution in [2.75, 3.05) is 5.32 Å². The second-order valence-corrected chi connectivity index (χ2v) is 6.21. The summed E-state index contributed by atoms with van der Waals surface area (Å²) in [5.41, 5.74) is -0.287. The predicted octanol–water partition coefficient (Wildman–Crippen LogP) is 3.66. The molecule has 1 fully saturated rings. The maximum atomic E-state index is 12.9. The van der Waals surface area contributed by atoms with Gasteiger partial charge in [0.2, 0.25) is 0 Å². The number of aliphatic carboxylic acids is 1. The Morgan fingerprint density at radius 3 is 2.42 bits per heavy atom. The second kappa shape index (κ2) is 4.83. The highest BCUT2D eigenvalue weighted by atomic mass is 19.1. The molecule has 0 aliphatic heterocycles. The summed E-state index contributed by atoms with van der Waals surface area (Å²) in [5, 5.41) is 12.7. The van der Waals surface area contributed by atoms with Gasteiger partial charge in [-0.1, -0.05) is 13.8 Å². The first kappa shape index (κ1) is 13.8. The topological polar surface area (TPSA) is 49.3 Å². The molecule has 4 heteroatoms. The van der Waals surface area contributed by atoms with Crippen LogP contribution in [0.5, 0.6) is 0 Å². The van der Waals surface area contributed by atoms with Crippen LogP contribution in [0.2, 0.25) is 0 Å². The number of benzene rings is 1. The van der Waals surface area contributed by atoms with Crippen LogP contribution >= 0.6 is 0 Å². The Morgan fingerprint density at radius 1 is 1.26 bits per heavy atom. The molecule has 0 heterocycles. The molecular formula is C15H20FNO2. The Hall–Kier alpha value is -1.58. The van der Waals surface area contributed by atoms with Gasteiger partial charge in [-0.2, -0.15) is 0 Å². The van der Waals surface area contributed by atoms with Crippen molar-refractivity contribution in [3.8, 4) is 0 Å². The molecule has 104 valence electrons. The zero-order valence-electron chi connectivity index (χ0n) is 11.4. The number of nitrogens with one attached hydrogen (secondary N) is 1. The van der Waals surface area contributed by atoms with E-state index >= 15 is 0 Å². The summed E-state index contributed by atoms with van der Waals surface area (Å²) in [6.07, 6.45) is 3.09. The molecular weight excluding hydrogens is 245 g/mol. The van der Waals surface area contributed by atoms with E-state index in [4.69, 9.17) is 0 Å². The molecule has 2 rings (SSSR count). The van der Waals surface area contributed by atoms with E-state index in [-0.39, 0.29) is 11.2 Å². The largest absolute Gasteiger partial charge is 0.480 e. The average Bonchev–Trinajstić information content (AvgIpc) is 2.31. The van der Waals surface area contributed by atoms with E-state index < -0.39 is 11.5 Å². The van der Waals surface area contributed by atoms with Crippen LogP contribution in [-0.4, -0.2) is 16.6 Å². The van der Waals surface area contributed by atoms with E-state index in [1.807, 2.05) is 0 Å². The van der Waals surface area contributed by atoms with E-state index in [0.29, 0.717) is 18.5 Å². The zero-order valence-corrected chi connectivity index (χ0v) is 11.4. The third-order valence-corrected chi connectivity index (χ3v) is 3.87. The van der Waals surface area contributed by atoms with Gasteiger partial charge in [0.25, 0.3) is 0 Å². The number of hydrogen-bond donors (Lipinski definition) is 2. The molecule has 0 radical (unpaired) electrons. The first-order valence-electron chi connectivity index (χ1n) is 6.60. The number of anilines is 1. The molecule has 1 aromatic carbocycles. The highest BCUT2D eigenvalue weighted by Crippen LogP contribution is 2.42. The van der Waals surface area contributed by atoms with Gasteiger partial charge in [-0.15, -0.1) is 0 Å². The van der Waals surface area contributed by atoms with Crippen molar-refractivity contribution < 1.29 is 14.3 Å². The number of carbonyl (C=O) groups is 1. The number of rotatable bonds is 3. The van der Waals surface area contributed by atoms with Crippen LogP contribution in [0, 0.1) is 11.2 Å². The number of carboxylic acids is 1. The molecule has 1 aliphatic rings. The molecule has 1 unspecified atom stereocenters. The smallest absolute Gasteiger partial charge is 0.329 e. The summed E-state index contributed by atoms with van der Waals surface area (Å²) >= 11 is 0. The lowest BCUT2D eigenvalue weighted by Crippen LogP contribution is -2.51. The lowest BCUT2D eigenvalue weighted by atomic mass is 9.68. The summed E-state index contributed by atoms with van der Waals surface area (Å²) in [7, 11) is 0. The lowest BCUT2D eigenvalue weighted by molar-refractivity contribution is -0.145. The second-order valence-electron chi connectivity index (χ2n) is 6.21. The van der Waals surface area contributed by atoms with Gasteiger partial charge in [0, 0.05) is 5.69 Å². The summed E-state index contributed by atoms with van der Waals surface area (Å²) in [6, 6.07) is 5.85. The first-order chi connectivity index (χ1) is 8.83. The summed E-state index contributed by atoms with van der Waals surface area (Å²) in [6.45, 7) is 4.19. The molecule has 2 N–H and O–H groups in total. The standard InChI is InChI=1S/C15H20FNO2/c1-14(2)8-3-9-15(10-14,13(18)19)17-12-6-4-11(16)5-7-12/h4-7,17H,3,8-10H2,1-2H3,(H,18,19). The van der Waals surface area contributed by atoms with Gasteiger partial charge in [0.05, 0.1) is 0 Å². The minimum atomic E-state index is -0.945. The van der Waals surface area contributed by atoms with Gasteiger partial charge >= 0.3 is 5.97 Å². The van der Waals surface area contributed by atoms with Gasteiger partial charge in [0.1, 0.15) is 11.4 Å². The normalized spacial score (nSPS) is 25.8. The lowest BCUT2D eigenvalue weighted by Gasteiger charge is -2.43. The van der Waals surface area contributed by atoms with Crippen LogP contribution in [0.1, 0.15) is 39.5 Å². The molecule has 0 aromatic heterocycles. The molecule has 0 spiro atoms. The Morgan fingerprint density at radius 2 is 1.89 bits per heavy atom. The molecule has 0 bridgehead atoms. The summed E-state index contributed by atoms with van der Waals surface area (Å²) < 4.78 is 12.9. The van der Waals surface area contributed by atoms with Gasteiger partial charge in [-0.05, 0) is 55.4 Å². The predicted molar refractivity (Wildman–Crippen MR) is 72.6 cm³/mol. The quantitative estimate of drug-likeness (QED) is 0.876. The highest BCUT2D eigenvalue weighted by molar-refractivity contribution is 5.83. The Kier molecular flexibility index (Phi) is 3.52. The summed E-state index contributed by atoms with van der Waals surface area (Å²) in [5.74, 6) is -1.15. The molecule has 1 saturated carbocycles. The van der Waals surface area contributed by atoms with Gasteiger partial charge in [0.15, 0.2) is 0 Å². The Balaban J connectivity index is 2.25. The van der Waals surface area contributed by atoms with E-state index in [9.17, 15) is 14.3 Å². The van der Waals surface area contributed by atoms with Gasteiger partial charge < -0.3 is 10.4 Å². The monoisotopic (exact) mass is 265 g/mol. The van der Waals surface area contributed by atoms with E-state index in [1.165, 1.54) is 12.1 Å². The fourth-order valence-corrected chi connectivity index (χ4v) is 3.01. The number of halogens is 1. The van der Waals surface area contributed by atoms with Crippen molar-refractivity contribution >= 4 is 11.7 Å². The van der Waals surface area contributed by atoms with Crippen molar-refractivity contribution in [3.63, 3.8) is 0 Å². The number of hydrogen-bond acceptors (Lipinski definition) is 2. The third-order valence-electron chi connectivity index (χ3n) is 3.87. The average molecular weight is 265 g/mol. The molecule has 3 nitrogen and oxygen atoms in total. The van der Waals surface area contributed by atoms with Crippen molar-refractivity contribution in [2.24, 2.45) is 5.41 Å². The fraction of sp³-hybridized carbons (Fsp3) is 0.533. The zero-order chi connectivity index (χ0) is 14.1. The fourth-order valence-electron chi connectivity index (χ4n) is 3.01. The molecule has 0 saturated heterocycles. The van der Waals surface area contributed by atoms with Crippen molar-refractivity contribution in [1.29, 1.82) is 0 Å². The summed E-state index contributed by atoms with van der Waals surface area (Å²) in [4.78, 5) is 11.7. The molecule has 0 amide bonds. The molecule has 1 atom stereocenters. The first-order valence-corrected chi connectivity index (χ1v) is 6.60. The van der Waals surface area contributed by atoms with Crippen LogP contribution < -0.4 is 5.32 Å². The van der Waals surface area contributed by atoms with E-state index in [0.717, 1.165) is 12.8 Å². The van der Waals surface area contributed by atoms with Gasteiger partial charge in [-0.3, -0.25) is 0 Å². The third kappa shape index (κ3) is 3.06. The van der Waals surface area contributed by atoms with Crippen LogP contribution in [0.4, 0.5) is 10.1 Å². The van der Waals surface area contributed by atoms with Crippen molar-refractivity contribution in [2.45, 2.75) is 45.1 Å². The van der Waals surface area contributed by atoms with Crippen molar-refractivity contribution in [3.05, 3.63) is 30.1 Å². The van der Waals surface area contributed by atoms with E-state index in [1.54, 1.807) is 12.1 Å². The van der Waals surface area contributed by atoms with Crippen LogP contribution in [0.25, 0.3) is 0 Å². The highest BCUT2D eigenvalue weighted by Gasteiger charge is 2.45. The number of carboxylic acid groups (broad SMARTS) is 1. The van der Waals surface area contributed by atoms with Gasteiger partial charge in [-0.25, -0.2) is 9.18 Å². The van der Waals surface area contributed by atoms with Crippen LogP contribution in [0.3, 0.4) is 0 Å². The maximum Gasteiger partial charge on any atom is 0.329 e. The van der Waals surface area contributed by atoms with E-state index in [2.05, 4.69) is 19.2 Å². The van der Waals surface area contributed by atoms with Crippen LogP contribution in [-0.2, 0) is 4.79 Å². The molecule has 1 aromatic rings. The SMILES string of the molecule is CC1(C)CCCC(Nc2ccc(F)cc2)(C(=O)O)C1. The minimum absolute atomic E-state index is 0.00364. The molecule has 1 aliphatic carbocycles.